The summed E-state index contributed by atoms with van der Waals surface area (Å²) in [4.78, 5) is 7.25. The van der Waals surface area contributed by atoms with Gasteiger partial charge in [-0.3, -0.25) is 0 Å². The van der Waals surface area contributed by atoms with Gasteiger partial charge in [-0.1, -0.05) is 156 Å². The molecular formula is C71H51BN4O. The van der Waals surface area contributed by atoms with Gasteiger partial charge in [-0.15, -0.1) is 0 Å². The van der Waals surface area contributed by atoms with Gasteiger partial charge in [0.15, 0.2) is 0 Å². The van der Waals surface area contributed by atoms with E-state index in [2.05, 4.69) is 295 Å². The van der Waals surface area contributed by atoms with Gasteiger partial charge in [0, 0.05) is 74.1 Å². The summed E-state index contributed by atoms with van der Waals surface area (Å²) in [5.74, 6) is 1.66. The first kappa shape index (κ1) is 44.7. The Hall–Kier alpha value is -9.78. The fourth-order valence-electron chi connectivity index (χ4n) is 12.3. The van der Waals surface area contributed by atoms with Crippen LogP contribution in [0.25, 0.3) is 49.0 Å². The van der Waals surface area contributed by atoms with Crippen LogP contribution in [0.1, 0.15) is 16.7 Å². The van der Waals surface area contributed by atoms with Crippen molar-refractivity contribution in [3.8, 4) is 17.2 Å². The maximum atomic E-state index is 7.59. The maximum absolute atomic E-state index is 7.59. The summed E-state index contributed by atoms with van der Waals surface area (Å²) in [6.07, 6.45) is 0. The van der Waals surface area contributed by atoms with Gasteiger partial charge in [0.05, 0.1) is 16.7 Å². The van der Waals surface area contributed by atoms with Crippen LogP contribution in [0.15, 0.2) is 255 Å². The average molecular weight is 987 g/mol. The van der Waals surface area contributed by atoms with Crippen molar-refractivity contribution in [2.75, 3.05) is 14.7 Å². The summed E-state index contributed by atoms with van der Waals surface area (Å²) in [7, 11) is 0. The lowest BCUT2D eigenvalue weighted by Crippen LogP contribution is -2.59. The van der Waals surface area contributed by atoms with E-state index in [0.717, 1.165) is 84.8 Å². The molecule has 0 unspecified atom stereocenters. The zero-order chi connectivity index (χ0) is 51.3. The largest absolute Gasteiger partial charge is 0.458 e. The van der Waals surface area contributed by atoms with Crippen LogP contribution in [0, 0.1) is 20.8 Å². The Bertz CT molecular complexity index is 4470. The summed E-state index contributed by atoms with van der Waals surface area (Å²) < 4.78 is 9.96. The lowest BCUT2D eigenvalue weighted by molar-refractivity contribution is 0.488. The molecule has 77 heavy (non-hydrogen) atoms. The van der Waals surface area contributed by atoms with Crippen molar-refractivity contribution in [1.29, 1.82) is 0 Å². The molecule has 12 aromatic carbocycles. The van der Waals surface area contributed by atoms with E-state index >= 15 is 0 Å². The van der Waals surface area contributed by atoms with E-state index in [1.807, 2.05) is 0 Å². The number of fused-ring (bicyclic) bond motifs is 10. The number of ether oxygens (including phenoxy) is 1. The fraction of sp³-hybridized carbons (Fsp3) is 0.0423. The number of anilines is 9. The number of nitrogens with zero attached hydrogens (tertiary/aromatic N) is 4. The predicted molar refractivity (Wildman–Crippen MR) is 325 cm³/mol. The topological polar surface area (TPSA) is 23.9 Å². The Morgan fingerprint density at radius 2 is 0.883 bits per heavy atom. The monoisotopic (exact) mass is 986 g/mol. The summed E-state index contributed by atoms with van der Waals surface area (Å²) in [5, 5.41) is 7.22. The standard InChI is InChI=1S/C71H51BN4O/c1-46-21-29-53(30-22-46)73(57-37-40-65-62(42-57)61-19-11-12-20-64(61)75(65)52-16-5-4-6-17-52)58-36-38-63-68(44-58)77-69-45-59(74(54-31-23-47(2)24-32-54)56-35-27-49-13-7-8-15-51(49)41-56)43-67-71(69)72(63)70-60-18-10-9-14-50(60)28-39-66(70)76(67)55-33-25-48(3)26-34-55/h4-45H,1-3H3. The normalized spacial score (nSPS) is 12.4. The van der Waals surface area contributed by atoms with Gasteiger partial charge in [0.1, 0.15) is 11.5 Å². The van der Waals surface area contributed by atoms with Gasteiger partial charge in [0.2, 0.25) is 0 Å². The summed E-state index contributed by atoms with van der Waals surface area (Å²) in [6.45, 7) is 6.31. The molecule has 13 aromatic rings. The first-order chi connectivity index (χ1) is 37.9. The van der Waals surface area contributed by atoms with Crippen molar-refractivity contribution in [3.63, 3.8) is 0 Å². The van der Waals surface area contributed by atoms with E-state index in [0.29, 0.717) is 0 Å². The number of para-hydroxylation sites is 2. The van der Waals surface area contributed by atoms with E-state index in [-0.39, 0.29) is 6.71 Å². The lowest BCUT2D eigenvalue weighted by Gasteiger charge is -2.41. The molecule has 0 atom stereocenters. The van der Waals surface area contributed by atoms with Crippen LogP contribution in [0.5, 0.6) is 11.5 Å². The second kappa shape index (κ2) is 17.7. The molecule has 2 aliphatic rings. The number of aryl methyl sites for hydroxylation is 3. The summed E-state index contributed by atoms with van der Waals surface area (Å²) in [5.41, 5.74) is 20.2. The second-order valence-corrected chi connectivity index (χ2v) is 20.8. The number of rotatable bonds is 8. The molecule has 364 valence electrons. The number of aromatic nitrogens is 1. The Morgan fingerprint density at radius 3 is 1.64 bits per heavy atom. The Kier molecular flexibility index (Phi) is 10.3. The quantitative estimate of drug-likeness (QED) is 0.142. The predicted octanol–water partition coefficient (Wildman–Crippen LogP) is 17.4. The van der Waals surface area contributed by atoms with Crippen LogP contribution in [-0.2, 0) is 0 Å². The minimum Gasteiger partial charge on any atom is -0.458 e. The van der Waals surface area contributed by atoms with E-state index in [4.69, 9.17) is 4.74 Å². The van der Waals surface area contributed by atoms with Crippen LogP contribution in [0.3, 0.4) is 0 Å². The zero-order valence-electron chi connectivity index (χ0n) is 43.0. The van der Waals surface area contributed by atoms with Gasteiger partial charge in [-0.25, -0.2) is 0 Å². The third-order valence-electron chi connectivity index (χ3n) is 16.0. The van der Waals surface area contributed by atoms with Crippen LogP contribution in [-0.4, -0.2) is 11.3 Å². The molecule has 0 radical (unpaired) electrons. The minimum absolute atomic E-state index is 0.142. The highest BCUT2D eigenvalue weighted by Gasteiger charge is 2.44. The molecule has 2 aliphatic heterocycles. The highest BCUT2D eigenvalue weighted by Crippen LogP contribution is 2.48. The summed E-state index contributed by atoms with van der Waals surface area (Å²) >= 11 is 0. The molecule has 0 amide bonds. The molecule has 0 spiro atoms. The van der Waals surface area contributed by atoms with Crippen LogP contribution in [0.2, 0.25) is 0 Å². The lowest BCUT2D eigenvalue weighted by atomic mass is 9.33. The van der Waals surface area contributed by atoms with Gasteiger partial charge in [-0.05, 0) is 162 Å². The number of benzene rings is 12. The van der Waals surface area contributed by atoms with Gasteiger partial charge in [0.25, 0.3) is 6.71 Å². The molecule has 5 nitrogen and oxygen atoms in total. The molecular weight excluding hydrogens is 936 g/mol. The van der Waals surface area contributed by atoms with Crippen LogP contribution in [0.4, 0.5) is 51.2 Å². The molecule has 15 rings (SSSR count). The highest BCUT2D eigenvalue weighted by molar-refractivity contribution is 7.00. The van der Waals surface area contributed by atoms with E-state index in [1.165, 1.54) is 60.0 Å². The van der Waals surface area contributed by atoms with E-state index in [9.17, 15) is 0 Å². The first-order valence-corrected chi connectivity index (χ1v) is 26.6. The van der Waals surface area contributed by atoms with E-state index in [1.54, 1.807) is 0 Å². The molecule has 0 saturated carbocycles. The highest BCUT2D eigenvalue weighted by atomic mass is 16.5. The second-order valence-electron chi connectivity index (χ2n) is 20.8. The van der Waals surface area contributed by atoms with Crippen molar-refractivity contribution in [3.05, 3.63) is 271 Å². The van der Waals surface area contributed by atoms with Crippen molar-refractivity contribution in [2.24, 2.45) is 0 Å². The Morgan fingerprint density at radius 1 is 0.338 bits per heavy atom. The summed E-state index contributed by atoms with van der Waals surface area (Å²) in [6, 6.07) is 93.5. The van der Waals surface area contributed by atoms with Crippen molar-refractivity contribution < 1.29 is 4.74 Å². The smallest absolute Gasteiger partial charge is 0.257 e. The third kappa shape index (κ3) is 7.32. The first-order valence-electron chi connectivity index (χ1n) is 26.6. The van der Waals surface area contributed by atoms with Crippen molar-refractivity contribution in [2.45, 2.75) is 20.8 Å². The average Bonchev–Trinajstić information content (AvgIpc) is 3.89. The zero-order valence-corrected chi connectivity index (χ0v) is 43.0. The van der Waals surface area contributed by atoms with Gasteiger partial charge >= 0.3 is 0 Å². The number of hydrogen-bond donors (Lipinski definition) is 0. The maximum Gasteiger partial charge on any atom is 0.257 e. The Labute approximate surface area is 448 Å². The van der Waals surface area contributed by atoms with E-state index < -0.39 is 0 Å². The molecule has 1 aromatic heterocycles. The SMILES string of the molecule is Cc1ccc(N(c2cc3c4c(c2)N(c2ccc(C)cc2)c2ccc5ccccc5c2B4c2ccc(N(c4ccc(C)cc4)c4ccc5c(c4)c4ccccc4n5-c4ccccc4)cc2O3)c2ccc3ccccc3c2)cc1. The fourth-order valence-corrected chi connectivity index (χ4v) is 12.3. The van der Waals surface area contributed by atoms with Crippen molar-refractivity contribution in [1.82, 2.24) is 4.57 Å². The molecule has 0 saturated heterocycles. The Balaban J connectivity index is 0.969. The van der Waals surface area contributed by atoms with Gasteiger partial charge in [-0.2, -0.15) is 0 Å². The minimum atomic E-state index is -0.142. The molecule has 6 heteroatoms. The van der Waals surface area contributed by atoms with Gasteiger partial charge < -0.3 is 24.0 Å². The molecule has 0 N–H and O–H groups in total. The molecule has 0 fully saturated rings. The van der Waals surface area contributed by atoms with Crippen LogP contribution < -0.4 is 35.8 Å². The van der Waals surface area contributed by atoms with Crippen LogP contribution >= 0.6 is 0 Å². The number of hydrogen-bond acceptors (Lipinski definition) is 4. The molecule has 0 bridgehead atoms. The molecule has 0 aliphatic carbocycles. The molecule has 3 heterocycles. The third-order valence-corrected chi connectivity index (χ3v) is 16.0. The van der Waals surface area contributed by atoms with Crippen molar-refractivity contribution >= 4 is 118 Å².